The minimum Gasteiger partial charge on any atom is -0.487 e. The molecule has 2 aliphatic heterocycles. The summed E-state index contributed by atoms with van der Waals surface area (Å²) < 4.78 is 6.35. The number of unbranched alkanes of at least 4 members (excludes halogenated alkanes) is 1. The van der Waals surface area contributed by atoms with Crippen LogP contribution in [0.5, 0.6) is 5.75 Å². The first-order valence-corrected chi connectivity index (χ1v) is 10.2. The van der Waals surface area contributed by atoms with Crippen LogP contribution in [0, 0.1) is 0 Å². The van der Waals surface area contributed by atoms with E-state index in [1.165, 1.54) is 70.4 Å². The summed E-state index contributed by atoms with van der Waals surface area (Å²) in [6, 6.07) is 9.10. The largest absolute Gasteiger partial charge is 0.487 e. The molecule has 0 aromatic heterocycles. The summed E-state index contributed by atoms with van der Waals surface area (Å²) in [5.74, 6) is 1.11. The summed E-state index contributed by atoms with van der Waals surface area (Å²) in [4.78, 5) is 5.05. The Morgan fingerprint density at radius 2 is 1.92 bits per heavy atom. The van der Waals surface area contributed by atoms with Crippen molar-refractivity contribution in [3.05, 3.63) is 29.8 Å². The number of nitrogens with zero attached hydrogens (tertiary/aromatic N) is 2. The maximum Gasteiger partial charge on any atom is 0.124 e. The highest BCUT2D eigenvalue weighted by Crippen LogP contribution is 2.48. The van der Waals surface area contributed by atoms with Crippen LogP contribution in [0.4, 0.5) is 0 Å². The fraction of sp³-hybridized carbons (Fsp3) is 0.714. The summed E-state index contributed by atoms with van der Waals surface area (Å²) in [7, 11) is 2.22. The zero-order chi connectivity index (χ0) is 17.1. The van der Waals surface area contributed by atoms with Crippen LogP contribution in [0.2, 0.25) is 0 Å². The van der Waals surface area contributed by atoms with Crippen molar-refractivity contribution in [1.82, 2.24) is 15.1 Å². The fourth-order valence-electron chi connectivity index (χ4n) is 4.49. The van der Waals surface area contributed by atoms with E-state index in [1.54, 1.807) is 0 Å². The van der Waals surface area contributed by atoms with Gasteiger partial charge in [0.05, 0.1) is 0 Å². The molecule has 1 aromatic rings. The molecule has 4 heteroatoms. The molecule has 1 atom stereocenters. The molecule has 0 bridgehead atoms. The molecule has 1 spiro atoms. The van der Waals surface area contributed by atoms with Crippen LogP contribution < -0.4 is 10.1 Å². The molecule has 4 nitrogen and oxygen atoms in total. The molecule has 1 aliphatic carbocycles. The van der Waals surface area contributed by atoms with Crippen LogP contribution in [0.15, 0.2) is 24.3 Å². The third kappa shape index (κ3) is 4.02. The summed E-state index contributed by atoms with van der Waals surface area (Å²) in [6.07, 6.45) is 7.47. The van der Waals surface area contributed by atoms with Gasteiger partial charge in [0.15, 0.2) is 0 Å². The Bertz CT molecular complexity index is 564. The van der Waals surface area contributed by atoms with Crippen molar-refractivity contribution in [2.45, 2.75) is 50.2 Å². The maximum atomic E-state index is 6.35. The Hall–Kier alpha value is -1.10. The molecule has 1 unspecified atom stereocenters. The van der Waals surface area contributed by atoms with Gasteiger partial charge < -0.3 is 19.9 Å². The standard InChI is InChI=1S/C21H33N3O/c1-23-13-15-24(16-14-23)12-5-4-11-22-19-17-21(9-6-10-21)25-20-8-3-2-7-18(19)20/h2-3,7-8,19,22H,4-6,9-17H2,1H3. The lowest BCUT2D eigenvalue weighted by Gasteiger charge is -2.48. The van der Waals surface area contributed by atoms with Crippen molar-refractivity contribution >= 4 is 0 Å². The zero-order valence-corrected chi connectivity index (χ0v) is 15.7. The number of ether oxygens (including phenoxy) is 1. The maximum absolute atomic E-state index is 6.35. The molecular weight excluding hydrogens is 310 g/mol. The number of benzene rings is 1. The Balaban J connectivity index is 1.23. The number of rotatable bonds is 6. The third-order valence-electron chi connectivity index (χ3n) is 6.35. The molecule has 0 radical (unpaired) electrons. The fourth-order valence-corrected chi connectivity index (χ4v) is 4.49. The van der Waals surface area contributed by atoms with Gasteiger partial charge in [0.2, 0.25) is 0 Å². The van der Waals surface area contributed by atoms with Gasteiger partial charge in [0.1, 0.15) is 11.4 Å². The van der Waals surface area contributed by atoms with Crippen molar-refractivity contribution in [2.75, 3.05) is 46.3 Å². The number of likely N-dealkylation sites (N-methyl/N-ethyl adjacent to an activating group) is 1. The lowest BCUT2D eigenvalue weighted by atomic mass is 9.73. The lowest BCUT2D eigenvalue weighted by molar-refractivity contribution is -0.0368. The van der Waals surface area contributed by atoms with E-state index in [9.17, 15) is 0 Å². The second-order valence-electron chi connectivity index (χ2n) is 8.24. The Morgan fingerprint density at radius 3 is 2.68 bits per heavy atom. The van der Waals surface area contributed by atoms with Crippen molar-refractivity contribution in [3.63, 3.8) is 0 Å². The van der Waals surface area contributed by atoms with Gasteiger partial charge >= 0.3 is 0 Å². The average Bonchev–Trinajstić information content (AvgIpc) is 2.61. The second-order valence-corrected chi connectivity index (χ2v) is 8.24. The molecule has 1 aromatic carbocycles. The van der Waals surface area contributed by atoms with Crippen LogP contribution >= 0.6 is 0 Å². The molecule has 1 saturated heterocycles. The molecule has 2 heterocycles. The van der Waals surface area contributed by atoms with Gasteiger partial charge in [-0.3, -0.25) is 0 Å². The molecule has 25 heavy (non-hydrogen) atoms. The quantitative estimate of drug-likeness (QED) is 0.804. The monoisotopic (exact) mass is 343 g/mol. The predicted octanol–water partition coefficient (Wildman–Crippen LogP) is 3.05. The first-order chi connectivity index (χ1) is 12.2. The van der Waals surface area contributed by atoms with E-state index in [-0.39, 0.29) is 5.60 Å². The Morgan fingerprint density at radius 1 is 1.12 bits per heavy atom. The first-order valence-electron chi connectivity index (χ1n) is 10.2. The number of nitrogens with one attached hydrogen (secondary N) is 1. The summed E-state index contributed by atoms with van der Waals surface area (Å²) in [5.41, 5.74) is 1.49. The zero-order valence-electron chi connectivity index (χ0n) is 15.7. The Labute approximate surface area is 152 Å². The van der Waals surface area contributed by atoms with Gasteiger partial charge in [0.25, 0.3) is 0 Å². The van der Waals surface area contributed by atoms with Crippen molar-refractivity contribution in [1.29, 1.82) is 0 Å². The Kier molecular flexibility index (Phi) is 5.30. The highest BCUT2D eigenvalue weighted by Gasteiger charge is 2.45. The third-order valence-corrected chi connectivity index (χ3v) is 6.35. The number of para-hydroxylation sites is 1. The van der Waals surface area contributed by atoms with Gasteiger partial charge in [-0.15, -0.1) is 0 Å². The SMILES string of the molecule is CN1CCN(CCCCNC2CC3(CCC3)Oc3ccccc32)CC1. The van der Waals surface area contributed by atoms with Gasteiger partial charge in [-0.05, 0) is 58.3 Å². The number of fused-ring (bicyclic) bond motifs is 1. The lowest BCUT2D eigenvalue weighted by Crippen LogP contribution is -2.49. The summed E-state index contributed by atoms with van der Waals surface area (Å²) >= 11 is 0. The van der Waals surface area contributed by atoms with Crippen molar-refractivity contribution < 1.29 is 4.74 Å². The van der Waals surface area contributed by atoms with Crippen LogP contribution in [-0.4, -0.2) is 61.7 Å². The van der Waals surface area contributed by atoms with E-state index in [0.717, 1.165) is 18.7 Å². The average molecular weight is 344 g/mol. The van der Waals surface area contributed by atoms with Gasteiger partial charge in [-0.1, -0.05) is 18.2 Å². The van der Waals surface area contributed by atoms with E-state index < -0.39 is 0 Å². The highest BCUT2D eigenvalue weighted by molar-refractivity contribution is 5.39. The first kappa shape index (κ1) is 17.3. The van der Waals surface area contributed by atoms with Gasteiger partial charge in [-0.2, -0.15) is 0 Å². The molecule has 3 aliphatic rings. The summed E-state index contributed by atoms with van der Waals surface area (Å²) in [5, 5.41) is 3.84. The molecule has 138 valence electrons. The van der Waals surface area contributed by atoms with E-state index >= 15 is 0 Å². The molecule has 2 fully saturated rings. The van der Waals surface area contributed by atoms with Crippen LogP contribution in [0.25, 0.3) is 0 Å². The van der Waals surface area contributed by atoms with Crippen LogP contribution in [-0.2, 0) is 0 Å². The second kappa shape index (κ2) is 7.65. The smallest absolute Gasteiger partial charge is 0.124 e. The summed E-state index contributed by atoms with van der Waals surface area (Å²) in [6.45, 7) is 7.28. The van der Waals surface area contributed by atoms with Crippen molar-refractivity contribution in [2.24, 2.45) is 0 Å². The van der Waals surface area contributed by atoms with Gasteiger partial charge in [-0.25, -0.2) is 0 Å². The number of piperazine rings is 1. The van der Waals surface area contributed by atoms with Crippen molar-refractivity contribution in [3.8, 4) is 5.75 Å². The normalized spacial score (nSPS) is 26.0. The van der Waals surface area contributed by atoms with E-state index in [1.807, 2.05) is 0 Å². The topological polar surface area (TPSA) is 27.7 Å². The number of hydrogen-bond acceptors (Lipinski definition) is 4. The van der Waals surface area contributed by atoms with E-state index in [2.05, 4.69) is 46.4 Å². The van der Waals surface area contributed by atoms with E-state index in [4.69, 9.17) is 4.74 Å². The van der Waals surface area contributed by atoms with Crippen LogP contribution in [0.3, 0.4) is 0 Å². The molecule has 4 rings (SSSR count). The minimum absolute atomic E-state index is 0.131. The van der Waals surface area contributed by atoms with E-state index in [0.29, 0.717) is 6.04 Å². The van der Waals surface area contributed by atoms with Gasteiger partial charge in [0, 0.05) is 44.2 Å². The molecule has 1 saturated carbocycles. The minimum atomic E-state index is 0.131. The molecule has 0 amide bonds. The number of hydrogen-bond donors (Lipinski definition) is 1. The van der Waals surface area contributed by atoms with Crippen LogP contribution in [0.1, 0.15) is 50.1 Å². The highest BCUT2D eigenvalue weighted by atomic mass is 16.5. The predicted molar refractivity (Wildman–Crippen MR) is 102 cm³/mol. The molecule has 1 N–H and O–H groups in total. The molecular formula is C21H33N3O.